The molecule has 0 aromatic rings. The Morgan fingerprint density at radius 3 is 2.95 bits per heavy atom. The van der Waals surface area contributed by atoms with E-state index in [0.717, 1.165) is 45.4 Å². The molecule has 0 aliphatic carbocycles. The van der Waals surface area contributed by atoms with Crippen molar-refractivity contribution in [1.29, 1.82) is 0 Å². The maximum Gasteiger partial charge on any atom is 0.191 e. The Balaban J connectivity index is 2.25. The maximum atomic E-state index is 5.47. The Bertz CT molecular complexity index is 286. The van der Waals surface area contributed by atoms with Crippen molar-refractivity contribution in [3.8, 4) is 0 Å². The molecule has 20 heavy (non-hydrogen) atoms. The van der Waals surface area contributed by atoms with Gasteiger partial charge in [-0.3, -0.25) is 9.89 Å². The summed E-state index contributed by atoms with van der Waals surface area (Å²) >= 11 is 0. The lowest BCUT2D eigenvalue weighted by atomic mass is 10.2. The van der Waals surface area contributed by atoms with Crippen LogP contribution in [0.3, 0.4) is 0 Å². The second kappa shape index (κ2) is 9.96. The predicted molar refractivity (Wildman–Crippen MR) is 82.3 cm³/mol. The molecule has 1 aliphatic rings. The molecule has 0 saturated carbocycles. The molecule has 2 atom stereocenters. The molecule has 1 aliphatic heterocycles. The van der Waals surface area contributed by atoms with E-state index >= 15 is 0 Å². The van der Waals surface area contributed by atoms with Crippen LogP contribution in [0.25, 0.3) is 0 Å². The lowest BCUT2D eigenvalue weighted by molar-refractivity contribution is -0.0174. The molecule has 0 amide bonds. The molecular formula is C14H30N4O2. The Hall–Kier alpha value is -0.850. The smallest absolute Gasteiger partial charge is 0.191 e. The minimum absolute atomic E-state index is 0.458. The van der Waals surface area contributed by atoms with Crippen molar-refractivity contribution < 1.29 is 9.47 Å². The molecule has 6 nitrogen and oxygen atoms in total. The first-order valence-electron chi connectivity index (χ1n) is 7.54. The van der Waals surface area contributed by atoms with Gasteiger partial charge in [0.2, 0.25) is 0 Å². The van der Waals surface area contributed by atoms with Crippen molar-refractivity contribution in [2.24, 2.45) is 4.99 Å². The van der Waals surface area contributed by atoms with Gasteiger partial charge in [-0.05, 0) is 20.8 Å². The number of morpholine rings is 1. The molecule has 0 spiro atoms. The molecule has 118 valence electrons. The van der Waals surface area contributed by atoms with Crippen LogP contribution >= 0.6 is 0 Å². The average Bonchev–Trinajstić information content (AvgIpc) is 2.46. The van der Waals surface area contributed by atoms with Crippen molar-refractivity contribution in [3.63, 3.8) is 0 Å². The van der Waals surface area contributed by atoms with Crippen molar-refractivity contribution in [2.45, 2.75) is 32.9 Å². The molecule has 0 radical (unpaired) electrons. The van der Waals surface area contributed by atoms with Crippen molar-refractivity contribution in [3.05, 3.63) is 0 Å². The molecule has 2 N–H and O–H groups in total. The Labute approximate surface area is 122 Å². The summed E-state index contributed by atoms with van der Waals surface area (Å²) in [6.07, 6.45) is 0. The molecule has 2 unspecified atom stereocenters. The molecule has 1 saturated heterocycles. The van der Waals surface area contributed by atoms with Gasteiger partial charge in [0.25, 0.3) is 0 Å². The summed E-state index contributed by atoms with van der Waals surface area (Å²) in [5, 5.41) is 6.61. The van der Waals surface area contributed by atoms with Crippen LogP contribution in [0, 0.1) is 0 Å². The summed E-state index contributed by atoms with van der Waals surface area (Å²) in [6.45, 7) is 12.2. The Morgan fingerprint density at radius 2 is 2.30 bits per heavy atom. The zero-order chi connectivity index (χ0) is 14.8. The van der Waals surface area contributed by atoms with E-state index in [1.807, 2.05) is 6.92 Å². The molecule has 0 aromatic carbocycles. The van der Waals surface area contributed by atoms with Crippen LogP contribution in [0.15, 0.2) is 4.99 Å². The van der Waals surface area contributed by atoms with Gasteiger partial charge >= 0.3 is 0 Å². The fourth-order valence-electron chi connectivity index (χ4n) is 2.36. The van der Waals surface area contributed by atoms with Crippen LogP contribution in [0.5, 0.6) is 0 Å². The second-order valence-electron chi connectivity index (χ2n) is 5.09. The third-order valence-electron chi connectivity index (χ3n) is 3.52. The summed E-state index contributed by atoms with van der Waals surface area (Å²) in [5.41, 5.74) is 0. The van der Waals surface area contributed by atoms with Gasteiger partial charge in [0.15, 0.2) is 5.96 Å². The first kappa shape index (κ1) is 17.2. The highest BCUT2D eigenvalue weighted by molar-refractivity contribution is 5.79. The van der Waals surface area contributed by atoms with E-state index in [4.69, 9.17) is 9.47 Å². The topological polar surface area (TPSA) is 58.1 Å². The number of hydrogen-bond donors (Lipinski definition) is 2. The average molecular weight is 286 g/mol. The van der Waals surface area contributed by atoms with Gasteiger partial charge in [-0.15, -0.1) is 0 Å². The molecule has 1 heterocycles. The van der Waals surface area contributed by atoms with Crippen LogP contribution < -0.4 is 10.6 Å². The number of ether oxygens (including phenoxy) is 2. The normalized spacial score (nSPS) is 22.6. The van der Waals surface area contributed by atoms with E-state index in [9.17, 15) is 0 Å². The standard InChI is InChI=1S/C14H30N4O2/c1-5-19-8-6-16-14(15-4)17-10-12(2)18-7-9-20-11-13(18)3/h12-13H,5-11H2,1-4H3,(H2,15,16,17). The number of rotatable bonds is 7. The van der Waals surface area contributed by atoms with E-state index in [1.54, 1.807) is 7.05 Å². The number of aliphatic imine (C=N–C) groups is 1. The highest BCUT2D eigenvalue weighted by Gasteiger charge is 2.23. The molecule has 1 fully saturated rings. The van der Waals surface area contributed by atoms with E-state index in [2.05, 4.69) is 34.4 Å². The highest BCUT2D eigenvalue weighted by Crippen LogP contribution is 2.09. The monoisotopic (exact) mass is 286 g/mol. The number of hydrogen-bond acceptors (Lipinski definition) is 4. The van der Waals surface area contributed by atoms with Gasteiger partial charge in [0.05, 0.1) is 19.8 Å². The Morgan fingerprint density at radius 1 is 1.50 bits per heavy atom. The Kier molecular flexibility index (Phi) is 8.57. The molecule has 0 bridgehead atoms. The zero-order valence-electron chi connectivity index (χ0n) is 13.3. The van der Waals surface area contributed by atoms with Gasteiger partial charge in [-0.2, -0.15) is 0 Å². The highest BCUT2D eigenvalue weighted by atomic mass is 16.5. The van der Waals surface area contributed by atoms with Gasteiger partial charge in [-0.25, -0.2) is 0 Å². The van der Waals surface area contributed by atoms with Crippen molar-refractivity contribution >= 4 is 5.96 Å². The third-order valence-corrected chi connectivity index (χ3v) is 3.52. The fraction of sp³-hybridized carbons (Fsp3) is 0.929. The quantitative estimate of drug-likeness (QED) is 0.400. The summed E-state index contributed by atoms with van der Waals surface area (Å²) in [6, 6.07) is 0.938. The lowest BCUT2D eigenvalue weighted by Crippen LogP contribution is -2.53. The summed E-state index contributed by atoms with van der Waals surface area (Å²) in [4.78, 5) is 6.69. The predicted octanol–water partition coefficient (Wildman–Crippen LogP) is 0.297. The lowest BCUT2D eigenvalue weighted by Gasteiger charge is -2.38. The van der Waals surface area contributed by atoms with Crippen LogP contribution in [0.4, 0.5) is 0 Å². The molecular weight excluding hydrogens is 256 g/mol. The minimum atomic E-state index is 0.458. The second-order valence-corrected chi connectivity index (χ2v) is 5.09. The van der Waals surface area contributed by atoms with Gasteiger partial charge in [0.1, 0.15) is 0 Å². The number of nitrogens with one attached hydrogen (secondary N) is 2. The van der Waals surface area contributed by atoms with Crippen molar-refractivity contribution in [1.82, 2.24) is 15.5 Å². The van der Waals surface area contributed by atoms with Crippen LogP contribution in [-0.4, -0.2) is 76.1 Å². The molecule has 6 heteroatoms. The summed E-state index contributed by atoms with van der Waals surface area (Å²) in [7, 11) is 1.79. The van der Waals surface area contributed by atoms with Crippen molar-refractivity contribution in [2.75, 3.05) is 53.1 Å². The van der Waals surface area contributed by atoms with Crippen LogP contribution in [-0.2, 0) is 9.47 Å². The molecule has 0 aromatic heterocycles. The summed E-state index contributed by atoms with van der Waals surface area (Å²) < 4.78 is 10.8. The van der Waals surface area contributed by atoms with Gasteiger partial charge < -0.3 is 20.1 Å². The molecule has 1 rings (SSSR count). The van der Waals surface area contributed by atoms with Gasteiger partial charge in [0, 0.05) is 45.4 Å². The first-order chi connectivity index (χ1) is 9.69. The van der Waals surface area contributed by atoms with E-state index in [1.165, 1.54) is 0 Å². The number of nitrogens with zero attached hydrogens (tertiary/aromatic N) is 2. The zero-order valence-corrected chi connectivity index (χ0v) is 13.3. The SMILES string of the molecule is CCOCCNC(=NC)NCC(C)N1CCOCC1C. The third kappa shape index (κ3) is 6.07. The van der Waals surface area contributed by atoms with Crippen LogP contribution in [0.1, 0.15) is 20.8 Å². The summed E-state index contributed by atoms with van der Waals surface area (Å²) in [5.74, 6) is 0.831. The van der Waals surface area contributed by atoms with E-state index in [-0.39, 0.29) is 0 Å². The fourth-order valence-corrected chi connectivity index (χ4v) is 2.36. The number of guanidine groups is 1. The van der Waals surface area contributed by atoms with Crippen LogP contribution in [0.2, 0.25) is 0 Å². The first-order valence-corrected chi connectivity index (χ1v) is 7.54. The van der Waals surface area contributed by atoms with Gasteiger partial charge in [-0.1, -0.05) is 0 Å². The van der Waals surface area contributed by atoms with E-state index < -0.39 is 0 Å². The maximum absolute atomic E-state index is 5.47. The largest absolute Gasteiger partial charge is 0.380 e. The minimum Gasteiger partial charge on any atom is -0.380 e. The van der Waals surface area contributed by atoms with E-state index in [0.29, 0.717) is 18.7 Å².